The Labute approximate surface area is 74.5 Å². The van der Waals surface area contributed by atoms with Crippen molar-refractivity contribution in [2.75, 3.05) is 0 Å². The molecule has 1 aromatic rings. The Morgan fingerprint density at radius 3 is 3.08 bits per heavy atom. The number of carbonyl (C=O) groups excluding carboxylic acids is 1. The van der Waals surface area contributed by atoms with E-state index in [0.717, 1.165) is 0 Å². The van der Waals surface area contributed by atoms with Gasteiger partial charge in [0.1, 0.15) is 6.04 Å². The number of carbonyl (C=O) groups is 1. The molecular weight excluding hydrogens is 172 g/mol. The molecule has 1 aliphatic heterocycles. The van der Waals surface area contributed by atoms with Gasteiger partial charge in [-0.1, -0.05) is 5.16 Å². The quantitative estimate of drug-likeness (QED) is 0.641. The predicted octanol–water partition coefficient (Wildman–Crippen LogP) is -0.521. The highest BCUT2D eigenvalue weighted by Crippen LogP contribution is 2.21. The lowest BCUT2D eigenvalue weighted by Crippen LogP contribution is -2.18. The van der Waals surface area contributed by atoms with E-state index in [1.54, 1.807) is 0 Å². The van der Waals surface area contributed by atoms with E-state index in [1.165, 1.54) is 0 Å². The van der Waals surface area contributed by atoms with Gasteiger partial charge in [0.05, 0.1) is 6.54 Å². The second-order valence-electron chi connectivity index (χ2n) is 2.91. The first-order valence-corrected chi connectivity index (χ1v) is 4.11. The summed E-state index contributed by atoms with van der Waals surface area (Å²) in [4.78, 5) is 14.9. The lowest BCUT2D eigenvalue weighted by molar-refractivity contribution is -0.119. The highest BCUT2D eigenvalue weighted by atomic mass is 16.5. The third kappa shape index (κ3) is 1.52. The minimum Gasteiger partial charge on any atom is -0.344 e. The molecule has 70 valence electrons. The topological polar surface area (TPSA) is 94.0 Å². The summed E-state index contributed by atoms with van der Waals surface area (Å²) >= 11 is 0. The van der Waals surface area contributed by atoms with E-state index in [-0.39, 0.29) is 18.5 Å². The molecule has 0 saturated carbocycles. The molecule has 2 rings (SSSR count). The number of amides is 1. The molecule has 13 heavy (non-hydrogen) atoms. The van der Waals surface area contributed by atoms with Crippen molar-refractivity contribution in [3.63, 3.8) is 0 Å². The second kappa shape index (κ2) is 3.14. The van der Waals surface area contributed by atoms with Crippen LogP contribution in [0.25, 0.3) is 0 Å². The number of nitrogens with one attached hydrogen (secondary N) is 1. The second-order valence-corrected chi connectivity index (χ2v) is 2.91. The zero-order chi connectivity index (χ0) is 9.26. The predicted molar refractivity (Wildman–Crippen MR) is 42.3 cm³/mol. The molecule has 1 aliphatic rings. The molecule has 1 atom stereocenters. The van der Waals surface area contributed by atoms with E-state index in [9.17, 15) is 4.79 Å². The number of nitrogens with zero attached hydrogens (tertiary/aromatic N) is 2. The molecule has 1 aromatic heterocycles. The Bertz CT molecular complexity index is 322. The van der Waals surface area contributed by atoms with Gasteiger partial charge in [-0.15, -0.1) is 0 Å². The van der Waals surface area contributed by atoms with Crippen LogP contribution in [0.4, 0.5) is 0 Å². The van der Waals surface area contributed by atoms with Crippen LogP contribution >= 0.6 is 0 Å². The molecule has 1 fully saturated rings. The molecule has 0 aromatic carbocycles. The van der Waals surface area contributed by atoms with Crippen molar-refractivity contribution in [1.82, 2.24) is 15.5 Å². The van der Waals surface area contributed by atoms with Gasteiger partial charge in [-0.05, 0) is 6.42 Å². The number of aromatic nitrogens is 2. The van der Waals surface area contributed by atoms with Crippen LogP contribution < -0.4 is 11.1 Å². The molecular formula is C7H10N4O2. The van der Waals surface area contributed by atoms with E-state index >= 15 is 0 Å². The summed E-state index contributed by atoms with van der Waals surface area (Å²) in [5.41, 5.74) is 5.32. The normalized spacial score (nSPS) is 21.9. The number of rotatable bonds is 2. The van der Waals surface area contributed by atoms with Crippen molar-refractivity contribution in [2.24, 2.45) is 5.73 Å². The summed E-state index contributed by atoms with van der Waals surface area (Å²) in [5, 5.41) is 6.37. The van der Waals surface area contributed by atoms with Crippen molar-refractivity contribution in [1.29, 1.82) is 0 Å². The van der Waals surface area contributed by atoms with E-state index < -0.39 is 0 Å². The maximum atomic E-state index is 10.9. The van der Waals surface area contributed by atoms with Crippen molar-refractivity contribution < 1.29 is 9.32 Å². The van der Waals surface area contributed by atoms with Crippen molar-refractivity contribution >= 4 is 5.91 Å². The van der Waals surface area contributed by atoms with Crippen LogP contribution in [-0.2, 0) is 11.3 Å². The zero-order valence-corrected chi connectivity index (χ0v) is 6.99. The molecule has 0 unspecified atom stereocenters. The Balaban J connectivity index is 2.12. The lowest BCUT2D eigenvalue weighted by atomic mass is 10.2. The SMILES string of the molecule is NCc1noc([C@H]2CCC(=O)N2)n1. The van der Waals surface area contributed by atoms with Gasteiger partial charge in [-0.25, -0.2) is 0 Å². The summed E-state index contributed by atoms with van der Waals surface area (Å²) in [6.45, 7) is 0.254. The van der Waals surface area contributed by atoms with Gasteiger partial charge in [0.25, 0.3) is 0 Å². The lowest BCUT2D eigenvalue weighted by Gasteiger charge is -2.01. The van der Waals surface area contributed by atoms with Crippen LogP contribution in [0.3, 0.4) is 0 Å². The van der Waals surface area contributed by atoms with E-state index in [4.69, 9.17) is 10.3 Å². The first-order chi connectivity index (χ1) is 6.29. The van der Waals surface area contributed by atoms with E-state index in [0.29, 0.717) is 24.6 Å². The highest BCUT2D eigenvalue weighted by molar-refractivity contribution is 5.78. The fraction of sp³-hybridized carbons (Fsp3) is 0.571. The summed E-state index contributed by atoms with van der Waals surface area (Å²) in [5.74, 6) is 0.944. The molecule has 6 heteroatoms. The van der Waals surface area contributed by atoms with Gasteiger partial charge >= 0.3 is 0 Å². The number of hydrogen-bond acceptors (Lipinski definition) is 5. The minimum absolute atomic E-state index is 0.0255. The largest absolute Gasteiger partial charge is 0.344 e. The maximum absolute atomic E-state index is 10.9. The number of nitrogens with two attached hydrogens (primary N) is 1. The Hall–Kier alpha value is -1.43. The van der Waals surface area contributed by atoms with Crippen LogP contribution in [0.1, 0.15) is 30.6 Å². The average molecular weight is 182 g/mol. The van der Waals surface area contributed by atoms with Crippen molar-refractivity contribution in [3.05, 3.63) is 11.7 Å². The first kappa shape index (κ1) is 8.18. The zero-order valence-electron chi connectivity index (χ0n) is 6.99. The van der Waals surface area contributed by atoms with E-state index in [2.05, 4.69) is 15.5 Å². The van der Waals surface area contributed by atoms with Crippen LogP contribution in [-0.4, -0.2) is 16.0 Å². The summed E-state index contributed by atoms with van der Waals surface area (Å²) in [6, 6.07) is -0.125. The smallest absolute Gasteiger partial charge is 0.249 e. The summed E-state index contributed by atoms with van der Waals surface area (Å²) in [6.07, 6.45) is 1.23. The Morgan fingerprint density at radius 2 is 2.54 bits per heavy atom. The van der Waals surface area contributed by atoms with Gasteiger partial charge in [-0.3, -0.25) is 4.79 Å². The fourth-order valence-corrected chi connectivity index (χ4v) is 1.29. The van der Waals surface area contributed by atoms with Gasteiger partial charge in [0, 0.05) is 6.42 Å². The highest BCUT2D eigenvalue weighted by Gasteiger charge is 2.26. The van der Waals surface area contributed by atoms with Crippen molar-refractivity contribution in [3.8, 4) is 0 Å². The summed E-state index contributed by atoms with van der Waals surface area (Å²) in [7, 11) is 0. The van der Waals surface area contributed by atoms with Crippen LogP contribution in [0.2, 0.25) is 0 Å². The average Bonchev–Trinajstić information content (AvgIpc) is 2.71. The van der Waals surface area contributed by atoms with Crippen molar-refractivity contribution in [2.45, 2.75) is 25.4 Å². The molecule has 0 aliphatic carbocycles. The van der Waals surface area contributed by atoms with E-state index in [1.807, 2.05) is 0 Å². The number of hydrogen-bond donors (Lipinski definition) is 2. The molecule has 0 bridgehead atoms. The van der Waals surface area contributed by atoms with Gasteiger partial charge in [0.15, 0.2) is 5.82 Å². The molecule has 2 heterocycles. The van der Waals surface area contributed by atoms with Crippen LogP contribution in [0.5, 0.6) is 0 Å². The van der Waals surface area contributed by atoms with Gasteiger partial charge in [-0.2, -0.15) is 4.98 Å². The fourth-order valence-electron chi connectivity index (χ4n) is 1.29. The third-order valence-electron chi connectivity index (χ3n) is 1.96. The Morgan fingerprint density at radius 1 is 1.69 bits per heavy atom. The summed E-state index contributed by atoms with van der Waals surface area (Å²) < 4.78 is 4.93. The molecule has 0 radical (unpaired) electrons. The maximum Gasteiger partial charge on any atom is 0.249 e. The molecule has 1 amide bonds. The molecule has 0 spiro atoms. The monoisotopic (exact) mass is 182 g/mol. The molecule has 1 saturated heterocycles. The third-order valence-corrected chi connectivity index (χ3v) is 1.96. The van der Waals surface area contributed by atoms with Crippen LogP contribution in [0.15, 0.2) is 4.52 Å². The first-order valence-electron chi connectivity index (χ1n) is 4.11. The Kier molecular flexibility index (Phi) is 1.97. The van der Waals surface area contributed by atoms with Gasteiger partial charge in [0.2, 0.25) is 11.8 Å². The molecule has 3 N–H and O–H groups in total. The minimum atomic E-state index is -0.125. The van der Waals surface area contributed by atoms with Gasteiger partial charge < -0.3 is 15.6 Å². The standard InChI is InChI=1S/C7H10N4O2/c8-3-5-10-7(13-11-5)4-1-2-6(12)9-4/h4H,1-3,8H2,(H,9,12)/t4-/m1/s1. The van der Waals surface area contributed by atoms with Crippen LogP contribution in [0, 0.1) is 0 Å². The molecule has 6 nitrogen and oxygen atoms in total.